The molecule has 0 fully saturated rings. The Balaban J connectivity index is 2.39. The van der Waals surface area contributed by atoms with E-state index in [0.717, 1.165) is 11.8 Å². The van der Waals surface area contributed by atoms with Gasteiger partial charge in [-0.25, -0.2) is 4.63 Å². The SMILES string of the molecule is CCOC(=O)CSc1cc(Cl)c2nonc2c1[N+](=O)[O-]. The lowest BCUT2D eigenvalue weighted by Crippen LogP contribution is -2.06. The largest absolute Gasteiger partial charge is 0.465 e. The highest BCUT2D eigenvalue weighted by atomic mass is 35.5. The summed E-state index contributed by atoms with van der Waals surface area (Å²) in [6, 6.07) is 1.36. The predicted molar refractivity (Wildman–Crippen MR) is 70.8 cm³/mol. The third kappa shape index (κ3) is 2.83. The maximum absolute atomic E-state index is 11.3. The maximum atomic E-state index is 11.3. The molecule has 1 aromatic carbocycles. The van der Waals surface area contributed by atoms with Crippen LogP contribution in [-0.4, -0.2) is 33.6 Å². The number of esters is 1. The monoisotopic (exact) mass is 317 g/mol. The molecule has 0 saturated carbocycles. The molecule has 0 bridgehead atoms. The summed E-state index contributed by atoms with van der Waals surface area (Å²) in [6.45, 7) is 1.92. The molecular formula is C10H8ClN3O5S. The molecule has 0 radical (unpaired) electrons. The zero-order chi connectivity index (χ0) is 14.7. The van der Waals surface area contributed by atoms with Crippen LogP contribution in [0.4, 0.5) is 5.69 Å². The minimum atomic E-state index is -0.615. The normalized spacial score (nSPS) is 10.7. The van der Waals surface area contributed by atoms with Crippen LogP contribution in [0.15, 0.2) is 15.6 Å². The van der Waals surface area contributed by atoms with Crippen LogP contribution < -0.4 is 0 Å². The summed E-state index contributed by atoms with van der Waals surface area (Å²) in [6.07, 6.45) is 0. The molecule has 20 heavy (non-hydrogen) atoms. The summed E-state index contributed by atoms with van der Waals surface area (Å²) >= 11 is 6.89. The summed E-state index contributed by atoms with van der Waals surface area (Å²) in [7, 11) is 0. The van der Waals surface area contributed by atoms with Crippen molar-refractivity contribution in [1.82, 2.24) is 10.3 Å². The molecule has 2 aromatic rings. The van der Waals surface area contributed by atoms with E-state index in [1.54, 1.807) is 6.92 Å². The second-order valence-corrected chi connectivity index (χ2v) is 4.94. The Bertz CT molecular complexity index is 674. The molecule has 0 saturated heterocycles. The van der Waals surface area contributed by atoms with E-state index in [1.807, 2.05) is 0 Å². The van der Waals surface area contributed by atoms with E-state index >= 15 is 0 Å². The number of aromatic nitrogens is 2. The predicted octanol–water partition coefficient (Wildman–Crippen LogP) is 2.44. The summed E-state index contributed by atoms with van der Waals surface area (Å²) in [5, 5.41) is 18.3. The Morgan fingerprint density at radius 3 is 2.90 bits per heavy atom. The summed E-state index contributed by atoms with van der Waals surface area (Å²) in [5.41, 5.74) is -0.229. The van der Waals surface area contributed by atoms with Gasteiger partial charge in [0.1, 0.15) is 0 Å². The number of nitro benzene ring substituents is 1. The number of thioether (sulfide) groups is 1. The van der Waals surface area contributed by atoms with Crippen LogP contribution in [-0.2, 0) is 9.53 Å². The van der Waals surface area contributed by atoms with Crippen molar-refractivity contribution in [3.05, 3.63) is 21.2 Å². The van der Waals surface area contributed by atoms with Gasteiger partial charge in [-0.15, -0.1) is 11.8 Å². The van der Waals surface area contributed by atoms with Crippen LogP contribution in [0.1, 0.15) is 6.92 Å². The van der Waals surface area contributed by atoms with Gasteiger partial charge in [0.05, 0.1) is 27.2 Å². The van der Waals surface area contributed by atoms with Crippen molar-refractivity contribution < 1.29 is 19.1 Å². The molecule has 106 valence electrons. The topological polar surface area (TPSA) is 108 Å². The van der Waals surface area contributed by atoms with Gasteiger partial charge in [0.25, 0.3) is 0 Å². The van der Waals surface area contributed by atoms with Gasteiger partial charge < -0.3 is 4.74 Å². The summed E-state index contributed by atoms with van der Waals surface area (Å²) < 4.78 is 9.22. The van der Waals surface area contributed by atoms with Crippen molar-refractivity contribution in [2.45, 2.75) is 11.8 Å². The second-order valence-electron chi connectivity index (χ2n) is 3.52. The Labute approximate surface area is 121 Å². The number of hydrogen-bond donors (Lipinski definition) is 0. The van der Waals surface area contributed by atoms with Crippen molar-refractivity contribution in [2.24, 2.45) is 0 Å². The lowest BCUT2D eigenvalue weighted by Gasteiger charge is -2.04. The Kier molecular flexibility index (Phi) is 4.40. The molecule has 1 heterocycles. The zero-order valence-electron chi connectivity index (χ0n) is 10.2. The molecular weight excluding hydrogens is 310 g/mol. The third-order valence-electron chi connectivity index (χ3n) is 2.26. The van der Waals surface area contributed by atoms with E-state index in [1.165, 1.54) is 6.07 Å². The lowest BCUT2D eigenvalue weighted by molar-refractivity contribution is -0.386. The number of carbonyl (C=O) groups excluding carboxylic acids is 1. The first kappa shape index (κ1) is 14.5. The Hall–Kier alpha value is -1.87. The van der Waals surface area contributed by atoms with Crippen molar-refractivity contribution in [3.63, 3.8) is 0 Å². The molecule has 10 heteroatoms. The van der Waals surface area contributed by atoms with Gasteiger partial charge in [-0.3, -0.25) is 14.9 Å². The second kappa shape index (κ2) is 6.06. The number of nitro groups is 1. The highest BCUT2D eigenvalue weighted by molar-refractivity contribution is 8.00. The quantitative estimate of drug-likeness (QED) is 0.358. The lowest BCUT2D eigenvalue weighted by atomic mass is 10.2. The first-order valence-electron chi connectivity index (χ1n) is 5.42. The number of carbonyl (C=O) groups is 1. The van der Waals surface area contributed by atoms with Gasteiger partial charge in [0, 0.05) is 0 Å². The van der Waals surface area contributed by atoms with E-state index in [-0.39, 0.29) is 39.0 Å². The molecule has 0 amide bonds. The fraction of sp³-hybridized carbons (Fsp3) is 0.300. The van der Waals surface area contributed by atoms with E-state index in [2.05, 4.69) is 14.9 Å². The average Bonchev–Trinajstić information content (AvgIpc) is 2.85. The number of benzene rings is 1. The summed E-state index contributed by atoms with van der Waals surface area (Å²) in [5.74, 6) is -0.539. The van der Waals surface area contributed by atoms with Crippen LogP contribution in [0, 0.1) is 10.1 Å². The standard InChI is InChI=1S/C10H8ClN3O5S/c1-2-18-7(15)4-20-6-3-5(11)8-9(13-19-12-8)10(6)14(16)17/h3H,2,4H2,1H3. The number of halogens is 1. The molecule has 0 spiro atoms. The van der Waals surface area contributed by atoms with Crippen molar-refractivity contribution in [3.8, 4) is 0 Å². The van der Waals surface area contributed by atoms with Crippen molar-refractivity contribution in [1.29, 1.82) is 0 Å². The molecule has 0 N–H and O–H groups in total. The third-order valence-corrected chi connectivity index (χ3v) is 3.55. The van der Waals surface area contributed by atoms with E-state index in [4.69, 9.17) is 16.3 Å². The minimum absolute atomic E-state index is 0.0474. The van der Waals surface area contributed by atoms with Crippen molar-refractivity contribution >= 4 is 46.1 Å². The van der Waals surface area contributed by atoms with Gasteiger partial charge in [-0.2, -0.15) is 0 Å². The van der Waals surface area contributed by atoms with Crippen LogP contribution >= 0.6 is 23.4 Å². The molecule has 0 aliphatic carbocycles. The average molecular weight is 318 g/mol. The minimum Gasteiger partial charge on any atom is -0.465 e. The maximum Gasteiger partial charge on any atom is 0.316 e. The van der Waals surface area contributed by atoms with Crippen LogP contribution in [0.2, 0.25) is 5.02 Å². The highest BCUT2D eigenvalue weighted by Crippen LogP contribution is 2.38. The number of ether oxygens (including phenoxy) is 1. The van der Waals surface area contributed by atoms with Gasteiger partial charge >= 0.3 is 11.7 Å². The fourth-order valence-electron chi connectivity index (χ4n) is 1.49. The molecule has 1 aromatic heterocycles. The van der Waals surface area contributed by atoms with E-state index in [9.17, 15) is 14.9 Å². The summed E-state index contributed by atoms with van der Waals surface area (Å²) in [4.78, 5) is 22.0. The van der Waals surface area contributed by atoms with Crippen LogP contribution in [0.25, 0.3) is 11.0 Å². The van der Waals surface area contributed by atoms with Gasteiger partial charge in [-0.1, -0.05) is 11.6 Å². The first-order valence-corrected chi connectivity index (χ1v) is 6.78. The first-order chi connectivity index (χ1) is 9.54. The van der Waals surface area contributed by atoms with Gasteiger partial charge in [-0.05, 0) is 23.3 Å². The fourth-order valence-corrected chi connectivity index (χ4v) is 2.66. The number of hydrogen-bond acceptors (Lipinski definition) is 8. The molecule has 0 aliphatic heterocycles. The van der Waals surface area contributed by atoms with E-state index < -0.39 is 10.9 Å². The molecule has 8 nitrogen and oxygen atoms in total. The highest BCUT2D eigenvalue weighted by Gasteiger charge is 2.26. The van der Waals surface area contributed by atoms with Gasteiger partial charge in [0.15, 0.2) is 5.52 Å². The number of fused-ring (bicyclic) bond motifs is 1. The molecule has 2 rings (SSSR count). The molecule has 0 aliphatic rings. The molecule has 0 unspecified atom stereocenters. The van der Waals surface area contributed by atoms with Crippen LogP contribution in [0.5, 0.6) is 0 Å². The number of nitrogens with zero attached hydrogens (tertiary/aromatic N) is 3. The zero-order valence-corrected chi connectivity index (χ0v) is 11.7. The Morgan fingerprint density at radius 1 is 1.55 bits per heavy atom. The number of rotatable bonds is 5. The molecule has 0 atom stereocenters. The van der Waals surface area contributed by atoms with Crippen molar-refractivity contribution in [2.75, 3.05) is 12.4 Å². The Morgan fingerprint density at radius 2 is 2.25 bits per heavy atom. The smallest absolute Gasteiger partial charge is 0.316 e. The van der Waals surface area contributed by atoms with E-state index in [0.29, 0.717) is 0 Å². The van der Waals surface area contributed by atoms with Crippen LogP contribution in [0.3, 0.4) is 0 Å². The van der Waals surface area contributed by atoms with Gasteiger partial charge in [0.2, 0.25) is 5.52 Å².